The maximum Gasteiger partial charge on any atom is 0.340 e. The third-order valence-electron chi connectivity index (χ3n) is 3.00. The van der Waals surface area contributed by atoms with Crippen LogP contribution in [-0.4, -0.2) is 28.3 Å². The van der Waals surface area contributed by atoms with Crippen LogP contribution in [0.5, 0.6) is 5.88 Å². The van der Waals surface area contributed by atoms with E-state index in [9.17, 15) is 4.79 Å². The average Bonchev–Trinajstić information content (AvgIpc) is 3.09. The highest BCUT2D eigenvalue weighted by Gasteiger charge is 2.12. The Morgan fingerprint density at radius 2 is 1.96 bits per heavy atom. The topological polar surface area (TPSA) is 87.3 Å². The quantitative estimate of drug-likeness (QED) is 0.669. The predicted octanol–water partition coefficient (Wildman–Crippen LogP) is 2.50. The van der Waals surface area contributed by atoms with Crippen molar-refractivity contribution in [2.45, 2.75) is 6.61 Å². The Labute approximate surface area is 131 Å². The molecule has 3 aromatic rings. The molecule has 0 amide bonds. The van der Waals surface area contributed by atoms with Gasteiger partial charge in [0.25, 0.3) is 5.89 Å². The van der Waals surface area contributed by atoms with Crippen LogP contribution in [0.3, 0.4) is 0 Å². The van der Waals surface area contributed by atoms with Crippen molar-refractivity contribution in [3.63, 3.8) is 0 Å². The minimum atomic E-state index is -0.528. The second kappa shape index (κ2) is 6.69. The monoisotopic (exact) mass is 311 g/mol. The molecule has 0 atom stereocenters. The van der Waals surface area contributed by atoms with E-state index in [2.05, 4.69) is 15.2 Å². The third-order valence-corrected chi connectivity index (χ3v) is 3.00. The first-order valence-corrected chi connectivity index (χ1v) is 6.81. The van der Waals surface area contributed by atoms with E-state index in [1.165, 1.54) is 13.3 Å². The lowest BCUT2D eigenvalue weighted by Crippen LogP contribution is -2.06. The van der Waals surface area contributed by atoms with Gasteiger partial charge in [-0.3, -0.25) is 0 Å². The lowest BCUT2D eigenvalue weighted by molar-refractivity contribution is 0.0438. The van der Waals surface area contributed by atoms with Crippen LogP contribution in [0, 0.1) is 0 Å². The van der Waals surface area contributed by atoms with E-state index in [0.29, 0.717) is 17.3 Å². The zero-order valence-electron chi connectivity index (χ0n) is 12.3. The summed E-state index contributed by atoms with van der Waals surface area (Å²) in [5, 5.41) is 7.78. The second-order valence-corrected chi connectivity index (χ2v) is 4.53. The first-order valence-electron chi connectivity index (χ1n) is 6.81. The molecule has 1 aromatic carbocycles. The predicted molar refractivity (Wildman–Crippen MR) is 79.6 cm³/mol. The summed E-state index contributed by atoms with van der Waals surface area (Å²) in [5.74, 6) is 0.493. The summed E-state index contributed by atoms with van der Waals surface area (Å²) in [6, 6.07) is 12.5. The zero-order valence-corrected chi connectivity index (χ0v) is 12.3. The largest absolute Gasteiger partial charge is 0.481 e. The highest BCUT2D eigenvalue weighted by Crippen LogP contribution is 2.17. The molecule has 3 rings (SSSR count). The van der Waals surface area contributed by atoms with E-state index in [-0.39, 0.29) is 12.5 Å². The molecule has 7 nitrogen and oxygen atoms in total. The molecule has 0 radical (unpaired) electrons. The molecule has 0 saturated heterocycles. The smallest absolute Gasteiger partial charge is 0.340 e. The number of hydrogen-bond acceptors (Lipinski definition) is 7. The molecule has 0 saturated carbocycles. The average molecular weight is 311 g/mol. The van der Waals surface area contributed by atoms with Gasteiger partial charge in [-0.05, 0) is 18.2 Å². The molecule has 0 fully saturated rings. The van der Waals surface area contributed by atoms with E-state index >= 15 is 0 Å². The fraction of sp³-hybridized carbons (Fsp3) is 0.125. The second-order valence-electron chi connectivity index (χ2n) is 4.53. The van der Waals surface area contributed by atoms with Crippen molar-refractivity contribution in [3.8, 4) is 17.3 Å². The normalized spacial score (nSPS) is 10.3. The first kappa shape index (κ1) is 14.7. The van der Waals surface area contributed by atoms with Crippen LogP contribution >= 0.6 is 0 Å². The Morgan fingerprint density at radius 1 is 1.13 bits per heavy atom. The SMILES string of the molecule is COc1ccc(C(=O)OCc2nnc(-c3ccccc3)o2)cn1. The maximum absolute atomic E-state index is 11.9. The number of rotatable bonds is 5. The van der Waals surface area contributed by atoms with Gasteiger partial charge in [0.2, 0.25) is 11.8 Å². The molecular formula is C16H13N3O4. The lowest BCUT2D eigenvalue weighted by atomic mass is 10.2. The van der Waals surface area contributed by atoms with Gasteiger partial charge in [0.15, 0.2) is 6.61 Å². The number of hydrogen-bond donors (Lipinski definition) is 0. The van der Waals surface area contributed by atoms with Crippen molar-refractivity contribution >= 4 is 5.97 Å². The number of esters is 1. The number of pyridine rings is 1. The molecule has 0 aliphatic carbocycles. The van der Waals surface area contributed by atoms with Crippen LogP contribution in [0.25, 0.3) is 11.5 Å². The van der Waals surface area contributed by atoms with Gasteiger partial charge in [-0.2, -0.15) is 0 Å². The summed E-state index contributed by atoms with van der Waals surface area (Å²) < 4.78 is 15.5. The van der Waals surface area contributed by atoms with Crippen LogP contribution in [0.15, 0.2) is 53.1 Å². The van der Waals surface area contributed by atoms with Crippen molar-refractivity contribution in [2.75, 3.05) is 7.11 Å². The molecule has 0 N–H and O–H groups in total. The number of carbonyl (C=O) groups is 1. The van der Waals surface area contributed by atoms with Crippen molar-refractivity contribution in [2.24, 2.45) is 0 Å². The van der Waals surface area contributed by atoms with Crippen molar-refractivity contribution in [1.82, 2.24) is 15.2 Å². The fourth-order valence-electron chi connectivity index (χ4n) is 1.84. The minimum absolute atomic E-state index is 0.106. The van der Waals surface area contributed by atoms with E-state index in [0.717, 1.165) is 5.56 Å². The van der Waals surface area contributed by atoms with Crippen LogP contribution in [0.4, 0.5) is 0 Å². The Kier molecular flexibility index (Phi) is 4.28. The first-order chi connectivity index (χ1) is 11.3. The Bertz CT molecular complexity index is 785. The van der Waals surface area contributed by atoms with E-state index < -0.39 is 5.97 Å². The van der Waals surface area contributed by atoms with E-state index in [1.807, 2.05) is 30.3 Å². The number of benzene rings is 1. The molecule has 0 unspecified atom stereocenters. The summed E-state index contributed by atoms with van der Waals surface area (Å²) in [6.45, 7) is -0.106. The minimum Gasteiger partial charge on any atom is -0.481 e. The van der Waals surface area contributed by atoms with Gasteiger partial charge in [0.05, 0.1) is 12.7 Å². The summed E-state index contributed by atoms with van der Waals surface area (Å²) in [4.78, 5) is 15.8. The molecule has 0 aliphatic heterocycles. The van der Waals surface area contributed by atoms with Crippen molar-refractivity contribution in [1.29, 1.82) is 0 Å². The molecule has 116 valence electrons. The number of ether oxygens (including phenoxy) is 2. The van der Waals surface area contributed by atoms with Crippen molar-refractivity contribution in [3.05, 3.63) is 60.1 Å². The number of aromatic nitrogens is 3. The van der Waals surface area contributed by atoms with Crippen LogP contribution in [0.2, 0.25) is 0 Å². The summed E-state index contributed by atoms with van der Waals surface area (Å²) >= 11 is 0. The number of nitrogens with zero attached hydrogens (tertiary/aromatic N) is 3. The number of methoxy groups -OCH3 is 1. The molecule has 0 spiro atoms. The third kappa shape index (κ3) is 3.52. The Hall–Kier alpha value is -3.22. The highest BCUT2D eigenvalue weighted by atomic mass is 16.5. The molecule has 0 aliphatic rings. The molecule has 0 bridgehead atoms. The molecule has 23 heavy (non-hydrogen) atoms. The van der Waals surface area contributed by atoms with Crippen molar-refractivity contribution < 1.29 is 18.7 Å². The Balaban J connectivity index is 1.62. The summed E-state index contributed by atoms with van der Waals surface area (Å²) in [5.41, 5.74) is 1.12. The number of carbonyl (C=O) groups excluding carboxylic acids is 1. The van der Waals surface area contributed by atoms with Gasteiger partial charge in [-0.1, -0.05) is 18.2 Å². The highest BCUT2D eigenvalue weighted by molar-refractivity contribution is 5.89. The van der Waals surface area contributed by atoms with Gasteiger partial charge in [-0.25, -0.2) is 9.78 Å². The van der Waals surface area contributed by atoms with Crippen LogP contribution in [0.1, 0.15) is 16.2 Å². The van der Waals surface area contributed by atoms with Crippen LogP contribution < -0.4 is 4.74 Å². The standard InChI is InChI=1S/C16H13N3O4/c1-21-13-8-7-12(9-17-13)16(20)22-10-14-18-19-15(23-14)11-5-3-2-4-6-11/h2-9H,10H2,1H3. The molecule has 2 heterocycles. The van der Waals surface area contributed by atoms with Gasteiger partial charge in [-0.15, -0.1) is 10.2 Å². The maximum atomic E-state index is 11.9. The summed E-state index contributed by atoms with van der Waals surface area (Å²) in [7, 11) is 1.50. The summed E-state index contributed by atoms with van der Waals surface area (Å²) in [6.07, 6.45) is 1.38. The van der Waals surface area contributed by atoms with Gasteiger partial charge in [0.1, 0.15) is 0 Å². The molecule has 2 aromatic heterocycles. The Morgan fingerprint density at radius 3 is 2.65 bits per heavy atom. The molecule has 7 heteroatoms. The van der Waals surface area contributed by atoms with Crippen LogP contribution in [-0.2, 0) is 11.3 Å². The van der Waals surface area contributed by atoms with E-state index in [1.54, 1.807) is 12.1 Å². The molecular weight excluding hydrogens is 298 g/mol. The zero-order chi connectivity index (χ0) is 16.1. The van der Waals surface area contributed by atoms with Gasteiger partial charge in [0, 0.05) is 17.8 Å². The van der Waals surface area contributed by atoms with E-state index in [4.69, 9.17) is 13.9 Å². The van der Waals surface area contributed by atoms with Gasteiger partial charge < -0.3 is 13.9 Å². The fourth-order valence-corrected chi connectivity index (χ4v) is 1.84. The lowest BCUT2D eigenvalue weighted by Gasteiger charge is -2.02. The van der Waals surface area contributed by atoms with Gasteiger partial charge >= 0.3 is 5.97 Å².